The number of carbonyl (C=O) groups is 1. The topological polar surface area (TPSA) is 84.8 Å². The Balaban J connectivity index is 1.33. The minimum atomic E-state index is -4.45. The Morgan fingerprint density at radius 2 is 1.95 bits per heavy atom. The molecule has 1 heterocycles. The van der Waals surface area contributed by atoms with Crippen LogP contribution in [0.2, 0.25) is 10.0 Å². The second-order valence-corrected chi connectivity index (χ2v) is 10.9. The first kappa shape index (κ1) is 30.6. The van der Waals surface area contributed by atoms with Gasteiger partial charge in [-0.2, -0.15) is 18.3 Å². The van der Waals surface area contributed by atoms with E-state index in [4.69, 9.17) is 32.7 Å². The monoisotopic (exact) mass is 686 g/mol. The SMILES string of the molecule is COc1cc(/C=N\NC(=O)Cc2csc(Nc3cccc(C(F)(F)F)c3)n2)c(Br)cc1OCc1ccc(Cl)cc1Cl. The van der Waals surface area contributed by atoms with E-state index >= 15 is 0 Å². The van der Waals surface area contributed by atoms with Crippen LogP contribution in [0.4, 0.5) is 24.0 Å². The summed E-state index contributed by atoms with van der Waals surface area (Å²) >= 11 is 16.8. The van der Waals surface area contributed by atoms with Crippen LogP contribution in [-0.2, 0) is 24.0 Å². The molecule has 0 atom stereocenters. The normalized spacial score (nSPS) is 11.5. The number of hydrazone groups is 1. The van der Waals surface area contributed by atoms with Gasteiger partial charge in [-0.25, -0.2) is 10.4 Å². The molecule has 0 saturated heterocycles. The Labute approximate surface area is 255 Å². The first-order chi connectivity index (χ1) is 19.5. The largest absolute Gasteiger partial charge is 0.493 e. The van der Waals surface area contributed by atoms with Gasteiger partial charge in [0.2, 0.25) is 5.91 Å². The van der Waals surface area contributed by atoms with Gasteiger partial charge in [0.15, 0.2) is 16.6 Å². The number of ether oxygens (including phenoxy) is 2. The predicted molar refractivity (Wildman–Crippen MR) is 158 cm³/mol. The molecule has 0 bridgehead atoms. The molecule has 0 radical (unpaired) electrons. The second-order valence-electron chi connectivity index (χ2n) is 8.37. The van der Waals surface area contributed by atoms with E-state index in [1.165, 1.54) is 25.5 Å². The van der Waals surface area contributed by atoms with E-state index < -0.39 is 17.6 Å². The summed E-state index contributed by atoms with van der Waals surface area (Å²) < 4.78 is 50.8. The van der Waals surface area contributed by atoms with E-state index in [0.717, 1.165) is 29.0 Å². The van der Waals surface area contributed by atoms with Crippen LogP contribution in [0, 0.1) is 0 Å². The van der Waals surface area contributed by atoms with Crippen LogP contribution >= 0.6 is 50.5 Å². The maximum atomic E-state index is 12.9. The van der Waals surface area contributed by atoms with Gasteiger partial charge in [-0.05, 0) is 58.4 Å². The number of nitrogens with zero attached hydrogens (tertiary/aromatic N) is 2. The van der Waals surface area contributed by atoms with Crippen LogP contribution in [0.1, 0.15) is 22.4 Å². The molecule has 0 spiro atoms. The van der Waals surface area contributed by atoms with E-state index in [1.54, 1.807) is 35.7 Å². The van der Waals surface area contributed by atoms with Gasteiger partial charge in [0, 0.05) is 36.7 Å². The Morgan fingerprint density at radius 3 is 2.68 bits per heavy atom. The molecule has 214 valence electrons. The number of amides is 1. The number of anilines is 2. The van der Waals surface area contributed by atoms with Crippen molar-refractivity contribution < 1.29 is 27.4 Å². The summed E-state index contributed by atoms with van der Waals surface area (Å²) in [7, 11) is 1.50. The predicted octanol–water partition coefficient (Wildman–Crippen LogP) is 8.26. The van der Waals surface area contributed by atoms with Crippen molar-refractivity contribution in [3.63, 3.8) is 0 Å². The highest BCUT2D eigenvalue weighted by atomic mass is 79.9. The lowest BCUT2D eigenvalue weighted by molar-refractivity contribution is -0.137. The lowest BCUT2D eigenvalue weighted by Gasteiger charge is -2.13. The highest BCUT2D eigenvalue weighted by molar-refractivity contribution is 9.10. The molecular weight excluding hydrogens is 668 g/mol. The van der Waals surface area contributed by atoms with Gasteiger partial charge in [0.1, 0.15) is 6.61 Å². The molecule has 3 aromatic carbocycles. The number of methoxy groups -OCH3 is 1. The lowest BCUT2D eigenvalue weighted by atomic mass is 10.2. The number of carbonyl (C=O) groups excluding carboxylic acids is 1. The first-order valence-electron chi connectivity index (χ1n) is 11.7. The van der Waals surface area contributed by atoms with Crippen LogP contribution in [0.15, 0.2) is 69.6 Å². The zero-order valence-corrected chi connectivity index (χ0v) is 25.0. The Hall–Kier alpha value is -3.32. The maximum absolute atomic E-state index is 12.9. The molecule has 4 rings (SSSR count). The van der Waals surface area contributed by atoms with Crippen molar-refractivity contribution in [1.82, 2.24) is 10.4 Å². The summed E-state index contributed by atoms with van der Waals surface area (Å²) in [5, 5.41) is 9.82. The molecule has 2 N–H and O–H groups in total. The van der Waals surface area contributed by atoms with Gasteiger partial charge >= 0.3 is 6.18 Å². The fraction of sp³-hybridized carbons (Fsp3) is 0.148. The number of rotatable bonds is 10. The summed E-state index contributed by atoms with van der Waals surface area (Å²) in [5.74, 6) is 0.471. The van der Waals surface area contributed by atoms with Gasteiger partial charge < -0.3 is 14.8 Å². The maximum Gasteiger partial charge on any atom is 0.416 e. The third-order valence-electron chi connectivity index (χ3n) is 5.41. The number of benzene rings is 3. The van der Waals surface area contributed by atoms with Crippen LogP contribution in [-0.4, -0.2) is 24.2 Å². The van der Waals surface area contributed by atoms with Gasteiger partial charge in [-0.1, -0.05) is 35.3 Å². The van der Waals surface area contributed by atoms with E-state index in [9.17, 15) is 18.0 Å². The fourth-order valence-electron chi connectivity index (χ4n) is 3.44. The number of alkyl halides is 3. The number of hydrogen-bond acceptors (Lipinski definition) is 7. The van der Waals surface area contributed by atoms with Crippen LogP contribution in [0.25, 0.3) is 0 Å². The number of halogens is 6. The summed E-state index contributed by atoms with van der Waals surface area (Å²) in [6.07, 6.45) is -3.09. The molecule has 0 unspecified atom stereocenters. The van der Waals surface area contributed by atoms with E-state index in [1.807, 2.05) is 0 Å². The number of hydrogen-bond donors (Lipinski definition) is 2. The van der Waals surface area contributed by atoms with Crippen molar-refractivity contribution in [1.29, 1.82) is 0 Å². The van der Waals surface area contributed by atoms with Gasteiger partial charge in [-0.15, -0.1) is 11.3 Å². The zero-order chi connectivity index (χ0) is 29.6. The third-order valence-corrected chi connectivity index (χ3v) is 7.49. The molecule has 7 nitrogen and oxygen atoms in total. The van der Waals surface area contributed by atoms with Crippen LogP contribution in [0.5, 0.6) is 11.5 Å². The van der Waals surface area contributed by atoms with Gasteiger partial charge in [0.25, 0.3) is 0 Å². The van der Waals surface area contributed by atoms with Crippen molar-refractivity contribution in [2.75, 3.05) is 12.4 Å². The van der Waals surface area contributed by atoms with E-state index in [0.29, 0.717) is 42.4 Å². The van der Waals surface area contributed by atoms with E-state index in [-0.39, 0.29) is 18.7 Å². The molecule has 14 heteroatoms. The fourth-order valence-corrected chi connectivity index (χ4v) is 5.05. The lowest BCUT2D eigenvalue weighted by Crippen LogP contribution is -2.20. The van der Waals surface area contributed by atoms with Crippen molar-refractivity contribution in [3.8, 4) is 11.5 Å². The van der Waals surface area contributed by atoms with Crippen LogP contribution < -0.4 is 20.2 Å². The van der Waals surface area contributed by atoms with Crippen molar-refractivity contribution in [3.05, 3.63) is 96.9 Å². The minimum absolute atomic E-state index is 0.0807. The smallest absolute Gasteiger partial charge is 0.416 e. The molecule has 0 fully saturated rings. The molecule has 0 aliphatic rings. The second kappa shape index (κ2) is 13.6. The summed E-state index contributed by atoms with van der Waals surface area (Å²) in [4.78, 5) is 16.6. The molecule has 0 aliphatic carbocycles. The van der Waals surface area contributed by atoms with Gasteiger partial charge in [0.05, 0.1) is 31.0 Å². The van der Waals surface area contributed by atoms with Crippen molar-refractivity contribution in [2.24, 2.45) is 5.10 Å². The Kier molecular flexibility index (Phi) is 10.1. The highest BCUT2D eigenvalue weighted by Crippen LogP contribution is 2.34. The molecule has 1 aromatic heterocycles. The molecular formula is C27H20BrCl2F3N4O3S. The Morgan fingerprint density at radius 1 is 1.15 bits per heavy atom. The average molecular weight is 688 g/mol. The zero-order valence-electron chi connectivity index (χ0n) is 21.1. The molecule has 0 saturated carbocycles. The Bertz CT molecular complexity index is 1580. The van der Waals surface area contributed by atoms with Crippen LogP contribution in [0.3, 0.4) is 0 Å². The third kappa shape index (κ3) is 8.59. The summed E-state index contributed by atoms with van der Waals surface area (Å²) in [5.41, 5.74) is 3.69. The number of thiazole rings is 1. The minimum Gasteiger partial charge on any atom is -0.493 e. The first-order valence-corrected chi connectivity index (χ1v) is 14.1. The quantitative estimate of drug-likeness (QED) is 0.130. The summed E-state index contributed by atoms with van der Waals surface area (Å²) in [6, 6.07) is 13.3. The standard InChI is InChI=1S/C27H20BrCl2F3N4O3S/c1-39-23-7-16(21(28)11-24(23)40-13-15-5-6-18(29)9-22(15)30)12-34-37-25(38)10-20-14-41-26(36-20)35-19-4-2-3-17(8-19)27(31,32)33/h2-9,11-12,14H,10,13H2,1H3,(H,35,36)(H,37,38)/b34-12-. The number of nitrogens with one attached hydrogen (secondary N) is 2. The van der Waals surface area contributed by atoms with Gasteiger partial charge in [-0.3, -0.25) is 4.79 Å². The average Bonchev–Trinajstić information content (AvgIpc) is 3.35. The molecule has 4 aromatic rings. The molecule has 0 aliphatic heterocycles. The highest BCUT2D eigenvalue weighted by Gasteiger charge is 2.30. The van der Waals surface area contributed by atoms with Crippen molar-refractivity contribution in [2.45, 2.75) is 19.2 Å². The summed E-state index contributed by atoms with van der Waals surface area (Å²) in [6.45, 7) is 0.191. The molecule has 41 heavy (non-hydrogen) atoms. The van der Waals surface area contributed by atoms with Crippen molar-refractivity contribution >= 4 is 73.4 Å². The number of aromatic nitrogens is 1. The molecule has 1 amide bonds. The van der Waals surface area contributed by atoms with E-state index in [2.05, 4.69) is 36.8 Å².